The third kappa shape index (κ3) is 13.4. The van der Waals surface area contributed by atoms with Crippen molar-refractivity contribution >= 4 is 17.8 Å². The van der Waals surface area contributed by atoms with Crippen LogP contribution in [0.5, 0.6) is 0 Å². The van der Waals surface area contributed by atoms with E-state index in [4.69, 9.17) is 14.6 Å². The number of ether oxygens (including phenoxy) is 2. The molecule has 0 heterocycles. The fourth-order valence-corrected chi connectivity index (χ4v) is 4.40. The van der Waals surface area contributed by atoms with Gasteiger partial charge in [-0.15, -0.1) is 13.2 Å². The molecule has 8 nitrogen and oxygen atoms in total. The fraction of sp³-hybridized carbons (Fsp3) is 0.424. The molecule has 0 saturated heterocycles. The standard InChI is InChI=1S/C33H44N2O6/c1-3-5-8-18-29(23-26-14-9-6-10-15-26)33(39)41-25-30(27-16-11-7-12-17-27)35-32(38)28(13-4-2)24-31(37)34-19-21-40-22-20-36/h3-4,6-7,9-12,14-17,28-30,36H,1-2,5,8,13,18-25H2,(H,34,37)(H,35,38). The summed E-state index contributed by atoms with van der Waals surface area (Å²) in [5.74, 6) is -1.88. The van der Waals surface area contributed by atoms with Crippen molar-refractivity contribution in [2.45, 2.75) is 44.6 Å². The first-order valence-corrected chi connectivity index (χ1v) is 14.2. The van der Waals surface area contributed by atoms with E-state index in [0.717, 1.165) is 24.0 Å². The quantitative estimate of drug-likeness (QED) is 0.118. The Balaban J connectivity index is 2.06. The molecular formula is C33H44N2O6. The number of carbonyl (C=O) groups is 3. The topological polar surface area (TPSA) is 114 Å². The summed E-state index contributed by atoms with van der Waals surface area (Å²) in [6, 6.07) is 18.6. The van der Waals surface area contributed by atoms with Crippen molar-refractivity contribution < 1.29 is 29.0 Å². The highest BCUT2D eigenvalue weighted by molar-refractivity contribution is 5.86. The van der Waals surface area contributed by atoms with Gasteiger partial charge in [0.2, 0.25) is 11.8 Å². The molecule has 0 spiro atoms. The lowest BCUT2D eigenvalue weighted by atomic mass is 9.94. The first-order chi connectivity index (χ1) is 20.0. The van der Waals surface area contributed by atoms with Gasteiger partial charge in [-0.3, -0.25) is 14.4 Å². The van der Waals surface area contributed by atoms with Crippen molar-refractivity contribution in [3.8, 4) is 0 Å². The zero-order valence-electron chi connectivity index (χ0n) is 23.8. The molecule has 3 atom stereocenters. The normalized spacial score (nSPS) is 12.9. The van der Waals surface area contributed by atoms with Gasteiger partial charge in [0.05, 0.1) is 37.7 Å². The molecule has 0 bridgehead atoms. The fourth-order valence-electron chi connectivity index (χ4n) is 4.40. The molecule has 2 amide bonds. The largest absolute Gasteiger partial charge is 0.463 e. The molecule has 2 aromatic rings. The summed E-state index contributed by atoms with van der Waals surface area (Å²) in [5.41, 5.74) is 1.86. The van der Waals surface area contributed by atoms with E-state index < -0.39 is 12.0 Å². The minimum Gasteiger partial charge on any atom is -0.463 e. The maximum Gasteiger partial charge on any atom is 0.309 e. The summed E-state index contributed by atoms with van der Waals surface area (Å²) < 4.78 is 11.0. The molecular weight excluding hydrogens is 520 g/mol. The van der Waals surface area contributed by atoms with Crippen LogP contribution in [-0.2, 0) is 30.3 Å². The number of aliphatic hydroxyl groups is 1. The van der Waals surface area contributed by atoms with Crippen LogP contribution in [0.1, 0.15) is 49.3 Å². The highest BCUT2D eigenvalue weighted by atomic mass is 16.5. The predicted molar refractivity (Wildman–Crippen MR) is 160 cm³/mol. The lowest BCUT2D eigenvalue weighted by Crippen LogP contribution is -2.39. The van der Waals surface area contributed by atoms with Crippen molar-refractivity contribution in [1.29, 1.82) is 0 Å². The maximum absolute atomic E-state index is 13.3. The second kappa shape index (κ2) is 20.2. The van der Waals surface area contributed by atoms with Crippen molar-refractivity contribution in [3.63, 3.8) is 0 Å². The van der Waals surface area contributed by atoms with Gasteiger partial charge in [-0.25, -0.2) is 0 Å². The first-order valence-electron chi connectivity index (χ1n) is 14.2. The van der Waals surface area contributed by atoms with Crippen molar-refractivity contribution in [1.82, 2.24) is 10.6 Å². The van der Waals surface area contributed by atoms with Crippen molar-refractivity contribution in [3.05, 3.63) is 97.1 Å². The van der Waals surface area contributed by atoms with Crippen LogP contribution in [-0.4, -0.2) is 55.9 Å². The minimum absolute atomic E-state index is 0.0262. The number of allylic oxidation sites excluding steroid dienone is 2. The minimum atomic E-state index is -0.641. The maximum atomic E-state index is 13.3. The molecule has 41 heavy (non-hydrogen) atoms. The Bertz CT molecular complexity index is 1060. The Morgan fingerprint density at radius 3 is 2.29 bits per heavy atom. The van der Waals surface area contributed by atoms with Gasteiger partial charge in [0.15, 0.2) is 0 Å². The Kier molecular flexibility index (Phi) is 16.5. The molecule has 8 heteroatoms. The number of unbranched alkanes of at least 4 members (excludes halogenated alkanes) is 1. The van der Waals surface area contributed by atoms with E-state index in [1.54, 1.807) is 6.08 Å². The SMILES string of the molecule is C=CCCCC(Cc1ccccc1)C(=O)OCC(NC(=O)C(CC=C)CC(=O)NCCOCCO)c1ccccc1. The summed E-state index contributed by atoms with van der Waals surface area (Å²) in [6.07, 6.45) is 6.62. The average Bonchev–Trinajstić information content (AvgIpc) is 2.99. The third-order valence-corrected chi connectivity index (χ3v) is 6.59. The molecule has 0 aliphatic rings. The van der Waals surface area contributed by atoms with Crippen LogP contribution in [0.4, 0.5) is 0 Å². The number of carbonyl (C=O) groups excluding carboxylic acids is 3. The van der Waals surface area contributed by atoms with Crippen LogP contribution in [0.2, 0.25) is 0 Å². The number of amides is 2. The number of aliphatic hydroxyl groups excluding tert-OH is 1. The molecule has 0 aliphatic heterocycles. The van der Waals surface area contributed by atoms with Gasteiger partial charge in [-0.1, -0.05) is 72.8 Å². The van der Waals surface area contributed by atoms with Gasteiger partial charge in [-0.05, 0) is 43.2 Å². The molecule has 2 aromatic carbocycles. The molecule has 0 radical (unpaired) electrons. The number of benzene rings is 2. The summed E-state index contributed by atoms with van der Waals surface area (Å²) >= 11 is 0. The van der Waals surface area contributed by atoms with Crippen LogP contribution in [0, 0.1) is 11.8 Å². The smallest absolute Gasteiger partial charge is 0.309 e. The second-order valence-corrected chi connectivity index (χ2v) is 9.82. The summed E-state index contributed by atoms with van der Waals surface area (Å²) in [4.78, 5) is 39.0. The molecule has 222 valence electrons. The third-order valence-electron chi connectivity index (χ3n) is 6.59. The van der Waals surface area contributed by atoms with Crippen LogP contribution >= 0.6 is 0 Å². The van der Waals surface area contributed by atoms with Gasteiger partial charge in [0.1, 0.15) is 6.61 Å². The van der Waals surface area contributed by atoms with E-state index >= 15 is 0 Å². The Morgan fingerprint density at radius 1 is 0.927 bits per heavy atom. The molecule has 3 unspecified atom stereocenters. The van der Waals surface area contributed by atoms with Crippen LogP contribution in [0.25, 0.3) is 0 Å². The van der Waals surface area contributed by atoms with E-state index in [2.05, 4.69) is 23.8 Å². The average molecular weight is 565 g/mol. The van der Waals surface area contributed by atoms with E-state index in [1.165, 1.54) is 0 Å². The monoisotopic (exact) mass is 564 g/mol. The second-order valence-electron chi connectivity index (χ2n) is 9.82. The van der Waals surface area contributed by atoms with Crippen molar-refractivity contribution in [2.24, 2.45) is 11.8 Å². The number of esters is 1. The van der Waals surface area contributed by atoms with Crippen molar-refractivity contribution in [2.75, 3.05) is 33.0 Å². The molecule has 0 saturated carbocycles. The van der Waals surface area contributed by atoms with Crippen LogP contribution in [0.3, 0.4) is 0 Å². The summed E-state index contributed by atoms with van der Waals surface area (Å²) in [7, 11) is 0. The van der Waals surface area contributed by atoms with Crippen LogP contribution < -0.4 is 10.6 Å². The molecule has 2 rings (SSSR count). The lowest BCUT2D eigenvalue weighted by Gasteiger charge is -2.24. The highest BCUT2D eigenvalue weighted by Gasteiger charge is 2.26. The summed E-state index contributed by atoms with van der Waals surface area (Å²) in [6.45, 7) is 8.14. The Labute approximate surface area is 243 Å². The van der Waals surface area contributed by atoms with E-state index in [-0.39, 0.29) is 63.1 Å². The molecule has 0 aromatic heterocycles. The first kappa shape index (κ1) is 33.5. The van der Waals surface area contributed by atoms with E-state index in [9.17, 15) is 14.4 Å². The zero-order valence-corrected chi connectivity index (χ0v) is 23.8. The summed E-state index contributed by atoms with van der Waals surface area (Å²) in [5, 5.41) is 14.5. The van der Waals surface area contributed by atoms with Gasteiger partial charge in [-0.2, -0.15) is 0 Å². The predicted octanol–water partition coefficient (Wildman–Crippen LogP) is 4.31. The van der Waals surface area contributed by atoms with Gasteiger partial charge >= 0.3 is 5.97 Å². The molecule has 0 aliphatic carbocycles. The lowest BCUT2D eigenvalue weighted by molar-refractivity contribution is -0.150. The van der Waals surface area contributed by atoms with Gasteiger partial charge < -0.3 is 25.2 Å². The van der Waals surface area contributed by atoms with Crippen LogP contribution in [0.15, 0.2) is 86.0 Å². The van der Waals surface area contributed by atoms with Gasteiger partial charge in [0, 0.05) is 13.0 Å². The highest BCUT2D eigenvalue weighted by Crippen LogP contribution is 2.21. The number of hydrogen-bond acceptors (Lipinski definition) is 6. The molecule has 3 N–H and O–H groups in total. The van der Waals surface area contributed by atoms with Gasteiger partial charge in [0.25, 0.3) is 0 Å². The number of nitrogens with one attached hydrogen (secondary N) is 2. The van der Waals surface area contributed by atoms with E-state index in [1.807, 2.05) is 66.7 Å². The number of hydrogen-bond donors (Lipinski definition) is 3. The number of rotatable bonds is 21. The van der Waals surface area contributed by atoms with E-state index in [0.29, 0.717) is 19.3 Å². The molecule has 0 fully saturated rings. The Morgan fingerprint density at radius 2 is 1.63 bits per heavy atom. The Hall–Kier alpha value is -3.75. The zero-order chi connectivity index (χ0) is 29.7.